The summed E-state index contributed by atoms with van der Waals surface area (Å²) >= 11 is 0. The molecule has 84 valence electrons. The molecule has 3 nitrogen and oxygen atoms in total. The molecule has 1 heterocycles. The predicted octanol–water partition coefficient (Wildman–Crippen LogP) is 0.607. The molecule has 3 heteroatoms. The lowest BCUT2D eigenvalue weighted by molar-refractivity contribution is 0.230. The van der Waals surface area contributed by atoms with Crippen molar-refractivity contribution in [2.24, 2.45) is 11.7 Å². The topological polar surface area (TPSA) is 32.5 Å². The maximum Gasteiger partial charge on any atom is 0.0108 e. The van der Waals surface area contributed by atoms with Crippen molar-refractivity contribution in [2.45, 2.75) is 25.8 Å². The Morgan fingerprint density at radius 1 is 1.43 bits per heavy atom. The molecule has 0 aromatic heterocycles. The summed E-state index contributed by atoms with van der Waals surface area (Å²) in [5.41, 5.74) is 5.73. The van der Waals surface area contributed by atoms with E-state index in [0.717, 1.165) is 12.5 Å². The highest BCUT2D eigenvalue weighted by Crippen LogP contribution is 2.22. The van der Waals surface area contributed by atoms with Gasteiger partial charge in [-0.05, 0) is 66.0 Å². The van der Waals surface area contributed by atoms with Gasteiger partial charge in [-0.3, -0.25) is 0 Å². The number of hydrogen-bond acceptors (Lipinski definition) is 3. The van der Waals surface area contributed by atoms with Crippen LogP contribution in [0.5, 0.6) is 0 Å². The first kappa shape index (κ1) is 12.0. The Labute approximate surface area is 88.2 Å². The minimum absolute atomic E-state index is 0.696. The number of rotatable bonds is 5. The zero-order chi connectivity index (χ0) is 10.6. The smallest absolute Gasteiger partial charge is 0.0108 e. The Kier molecular flexibility index (Phi) is 4.85. The van der Waals surface area contributed by atoms with E-state index in [9.17, 15) is 0 Å². The molecule has 14 heavy (non-hydrogen) atoms. The molecule has 0 aliphatic carbocycles. The molecule has 2 unspecified atom stereocenters. The first-order valence-corrected chi connectivity index (χ1v) is 5.74. The Morgan fingerprint density at radius 3 is 2.64 bits per heavy atom. The van der Waals surface area contributed by atoms with Crippen LogP contribution < -0.4 is 5.73 Å². The van der Waals surface area contributed by atoms with Crippen molar-refractivity contribution in [3.05, 3.63) is 0 Å². The molecule has 1 fully saturated rings. The highest BCUT2D eigenvalue weighted by Gasteiger charge is 2.28. The van der Waals surface area contributed by atoms with Crippen molar-refractivity contribution in [1.29, 1.82) is 0 Å². The minimum Gasteiger partial charge on any atom is -0.330 e. The summed E-state index contributed by atoms with van der Waals surface area (Å²) in [6, 6.07) is 0.696. The van der Waals surface area contributed by atoms with Gasteiger partial charge in [-0.2, -0.15) is 0 Å². The SMILES string of the molecule is CC1C(CN)CCN1CCCN(C)C. The van der Waals surface area contributed by atoms with E-state index in [-0.39, 0.29) is 0 Å². The van der Waals surface area contributed by atoms with E-state index < -0.39 is 0 Å². The van der Waals surface area contributed by atoms with Crippen molar-refractivity contribution < 1.29 is 0 Å². The van der Waals surface area contributed by atoms with Gasteiger partial charge in [0.05, 0.1) is 0 Å². The van der Waals surface area contributed by atoms with Crippen molar-refractivity contribution in [2.75, 3.05) is 40.3 Å². The van der Waals surface area contributed by atoms with E-state index in [1.807, 2.05) is 0 Å². The molecule has 0 radical (unpaired) electrons. The highest BCUT2D eigenvalue weighted by molar-refractivity contribution is 4.84. The van der Waals surface area contributed by atoms with Gasteiger partial charge in [0.2, 0.25) is 0 Å². The number of hydrogen-bond donors (Lipinski definition) is 1. The summed E-state index contributed by atoms with van der Waals surface area (Å²) in [4.78, 5) is 4.84. The van der Waals surface area contributed by atoms with E-state index in [1.54, 1.807) is 0 Å². The molecule has 2 N–H and O–H groups in total. The monoisotopic (exact) mass is 199 g/mol. The van der Waals surface area contributed by atoms with Gasteiger partial charge in [0.1, 0.15) is 0 Å². The van der Waals surface area contributed by atoms with Gasteiger partial charge in [0.25, 0.3) is 0 Å². The summed E-state index contributed by atoms with van der Waals surface area (Å²) in [5, 5.41) is 0. The lowest BCUT2D eigenvalue weighted by Crippen LogP contribution is -2.34. The van der Waals surface area contributed by atoms with E-state index in [1.165, 1.54) is 32.5 Å². The molecule has 1 rings (SSSR count). The average molecular weight is 199 g/mol. The maximum absolute atomic E-state index is 5.73. The van der Waals surface area contributed by atoms with Crippen LogP contribution in [0.1, 0.15) is 19.8 Å². The van der Waals surface area contributed by atoms with Crippen LogP contribution >= 0.6 is 0 Å². The molecular weight excluding hydrogens is 174 g/mol. The standard InChI is InChI=1S/C11H25N3/c1-10-11(9-12)5-8-14(10)7-4-6-13(2)3/h10-11H,4-9,12H2,1-3H3. The van der Waals surface area contributed by atoms with Crippen LogP contribution in [0.2, 0.25) is 0 Å². The van der Waals surface area contributed by atoms with Crippen LogP contribution in [-0.4, -0.2) is 56.1 Å². The number of likely N-dealkylation sites (tertiary alicyclic amines) is 1. The summed E-state index contributed by atoms with van der Waals surface area (Å²) in [5.74, 6) is 0.731. The zero-order valence-corrected chi connectivity index (χ0v) is 9.87. The molecule has 0 aromatic rings. The molecule has 1 saturated heterocycles. The van der Waals surface area contributed by atoms with Crippen LogP contribution in [0.3, 0.4) is 0 Å². The van der Waals surface area contributed by atoms with Gasteiger partial charge in [0.15, 0.2) is 0 Å². The Balaban J connectivity index is 2.19. The quantitative estimate of drug-likeness (QED) is 0.704. The molecular formula is C11H25N3. The first-order chi connectivity index (χ1) is 6.65. The fraction of sp³-hybridized carbons (Fsp3) is 1.00. The average Bonchev–Trinajstić information content (AvgIpc) is 2.47. The van der Waals surface area contributed by atoms with E-state index >= 15 is 0 Å². The van der Waals surface area contributed by atoms with Crippen LogP contribution in [0.15, 0.2) is 0 Å². The largest absolute Gasteiger partial charge is 0.330 e. The number of nitrogens with zero attached hydrogens (tertiary/aromatic N) is 2. The Morgan fingerprint density at radius 2 is 2.14 bits per heavy atom. The van der Waals surface area contributed by atoms with Gasteiger partial charge in [-0.15, -0.1) is 0 Å². The van der Waals surface area contributed by atoms with Gasteiger partial charge in [-0.25, -0.2) is 0 Å². The minimum atomic E-state index is 0.696. The van der Waals surface area contributed by atoms with Gasteiger partial charge in [-0.1, -0.05) is 0 Å². The normalized spacial score (nSPS) is 28.9. The predicted molar refractivity (Wildman–Crippen MR) is 61.4 cm³/mol. The van der Waals surface area contributed by atoms with Crippen molar-refractivity contribution in [3.8, 4) is 0 Å². The molecule has 0 spiro atoms. The van der Waals surface area contributed by atoms with Crippen molar-refractivity contribution in [3.63, 3.8) is 0 Å². The first-order valence-electron chi connectivity index (χ1n) is 5.74. The maximum atomic E-state index is 5.73. The third-order valence-corrected chi connectivity index (χ3v) is 3.40. The summed E-state index contributed by atoms with van der Waals surface area (Å²) in [6.07, 6.45) is 2.56. The second kappa shape index (κ2) is 5.69. The second-order valence-corrected chi connectivity index (χ2v) is 4.72. The third-order valence-electron chi connectivity index (χ3n) is 3.40. The molecule has 0 saturated carbocycles. The van der Waals surface area contributed by atoms with Gasteiger partial charge >= 0.3 is 0 Å². The van der Waals surface area contributed by atoms with E-state index in [0.29, 0.717) is 6.04 Å². The summed E-state index contributed by atoms with van der Waals surface area (Å²) in [6.45, 7) is 6.84. The van der Waals surface area contributed by atoms with Gasteiger partial charge < -0.3 is 15.5 Å². The van der Waals surface area contributed by atoms with Crippen LogP contribution in [0.25, 0.3) is 0 Å². The number of nitrogens with two attached hydrogens (primary N) is 1. The third kappa shape index (κ3) is 3.23. The van der Waals surface area contributed by atoms with Crippen molar-refractivity contribution in [1.82, 2.24) is 9.80 Å². The van der Waals surface area contributed by atoms with Crippen LogP contribution in [-0.2, 0) is 0 Å². The Bertz CT molecular complexity index is 159. The van der Waals surface area contributed by atoms with Crippen LogP contribution in [0.4, 0.5) is 0 Å². The molecule has 0 aromatic carbocycles. The summed E-state index contributed by atoms with van der Waals surface area (Å²) < 4.78 is 0. The Hall–Kier alpha value is -0.120. The fourth-order valence-electron chi connectivity index (χ4n) is 2.29. The highest BCUT2D eigenvalue weighted by atomic mass is 15.2. The summed E-state index contributed by atoms with van der Waals surface area (Å²) in [7, 11) is 4.27. The molecule has 1 aliphatic rings. The second-order valence-electron chi connectivity index (χ2n) is 4.72. The molecule has 0 amide bonds. The molecule has 1 aliphatic heterocycles. The van der Waals surface area contributed by atoms with E-state index in [2.05, 4.69) is 30.8 Å². The van der Waals surface area contributed by atoms with Crippen molar-refractivity contribution >= 4 is 0 Å². The van der Waals surface area contributed by atoms with E-state index in [4.69, 9.17) is 5.73 Å². The lowest BCUT2D eigenvalue weighted by atomic mass is 10.0. The lowest BCUT2D eigenvalue weighted by Gasteiger charge is -2.24. The zero-order valence-electron chi connectivity index (χ0n) is 9.87. The molecule has 2 atom stereocenters. The van der Waals surface area contributed by atoms with Crippen LogP contribution in [0, 0.1) is 5.92 Å². The van der Waals surface area contributed by atoms with Gasteiger partial charge in [0, 0.05) is 6.04 Å². The fourth-order valence-corrected chi connectivity index (χ4v) is 2.29. The molecule has 0 bridgehead atoms.